The van der Waals surface area contributed by atoms with Crippen LogP contribution in [-0.4, -0.2) is 50.4 Å². The molecule has 3 N–H and O–H groups in total. The molecule has 36 heavy (non-hydrogen) atoms. The number of thiazole rings is 1. The monoisotopic (exact) mass is 523 g/mol. The zero-order valence-corrected chi connectivity index (χ0v) is 22.6. The van der Waals surface area contributed by atoms with E-state index in [-0.39, 0.29) is 32.2 Å². The van der Waals surface area contributed by atoms with Gasteiger partial charge >= 0.3 is 5.97 Å². The molecule has 8 heteroatoms. The number of aliphatic hydroxyl groups excluding tert-OH is 3. The molecule has 1 aliphatic heterocycles. The molecule has 0 bridgehead atoms. The molecule has 1 aromatic rings. The van der Waals surface area contributed by atoms with Gasteiger partial charge in [0.15, 0.2) is 0 Å². The van der Waals surface area contributed by atoms with Crippen LogP contribution in [0.1, 0.15) is 91.8 Å². The summed E-state index contributed by atoms with van der Waals surface area (Å²) in [6, 6.07) is 0. The number of allylic oxidation sites excluding steroid dienone is 1. The van der Waals surface area contributed by atoms with Crippen LogP contribution in [0.15, 0.2) is 22.6 Å². The van der Waals surface area contributed by atoms with Gasteiger partial charge in [-0.1, -0.05) is 46.8 Å². The van der Waals surface area contributed by atoms with Crippen molar-refractivity contribution in [3.8, 4) is 0 Å². The first-order valence-corrected chi connectivity index (χ1v) is 13.2. The van der Waals surface area contributed by atoms with Crippen molar-refractivity contribution in [3.05, 3.63) is 33.3 Å². The molecule has 7 nitrogen and oxygen atoms in total. The van der Waals surface area contributed by atoms with Crippen LogP contribution in [0.2, 0.25) is 0 Å². The maximum atomic E-state index is 13.2. The standard InChI is InChI=1S/C27H41NO6S.CH4/c1-16-8-7-9-17(2)25(32)19(4)26(33)27(5,6)22(30)13-24(31)34-21(11-10-16)18(3)12-20-15-35-23(14-29)28-20;/h10,12,15,17,19,21-22,25,29-30,32H,7-9,11,13-14H2,1-6H3;1H4/b16-10-,18-12+;/t17-,19+,21-,22-,25-;/m0./s1. The highest BCUT2D eigenvalue weighted by molar-refractivity contribution is 7.09. The number of carbonyl (C=O) groups is 2. The molecule has 204 valence electrons. The van der Waals surface area contributed by atoms with Crippen LogP contribution in [0.25, 0.3) is 6.08 Å². The smallest absolute Gasteiger partial charge is 0.309 e. The molecule has 2 heterocycles. The van der Waals surface area contributed by atoms with Gasteiger partial charge in [-0.25, -0.2) is 4.98 Å². The number of aromatic nitrogens is 1. The molecule has 0 radical (unpaired) electrons. The van der Waals surface area contributed by atoms with Gasteiger partial charge in [0.1, 0.15) is 16.9 Å². The fraction of sp³-hybridized carbons (Fsp3) is 0.679. The Kier molecular flexibility index (Phi) is 12.7. The highest BCUT2D eigenvalue weighted by Gasteiger charge is 2.42. The van der Waals surface area contributed by atoms with Gasteiger partial charge in [-0.2, -0.15) is 0 Å². The second-order valence-corrected chi connectivity index (χ2v) is 11.4. The average molecular weight is 524 g/mol. The minimum atomic E-state index is -1.24. The largest absolute Gasteiger partial charge is 0.457 e. The van der Waals surface area contributed by atoms with Crippen LogP contribution in [-0.2, 0) is 20.9 Å². The van der Waals surface area contributed by atoms with Gasteiger partial charge in [0, 0.05) is 17.7 Å². The third-order valence-electron chi connectivity index (χ3n) is 7.11. The van der Waals surface area contributed by atoms with Crippen LogP contribution in [0.5, 0.6) is 0 Å². The van der Waals surface area contributed by atoms with Crippen molar-refractivity contribution in [1.82, 2.24) is 4.98 Å². The van der Waals surface area contributed by atoms with E-state index in [1.165, 1.54) is 11.3 Å². The summed E-state index contributed by atoms with van der Waals surface area (Å²) in [4.78, 5) is 30.4. The molecule has 1 aromatic heterocycles. The number of hydrogen-bond acceptors (Lipinski definition) is 8. The zero-order valence-electron chi connectivity index (χ0n) is 21.8. The van der Waals surface area contributed by atoms with E-state index in [4.69, 9.17) is 4.74 Å². The van der Waals surface area contributed by atoms with Crippen LogP contribution in [0.3, 0.4) is 0 Å². The summed E-state index contributed by atoms with van der Waals surface area (Å²) in [5.41, 5.74) is 1.44. The molecule has 0 saturated carbocycles. The van der Waals surface area contributed by atoms with E-state index in [9.17, 15) is 24.9 Å². The summed E-state index contributed by atoms with van der Waals surface area (Å²) in [5, 5.41) is 33.3. The fourth-order valence-electron chi connectivity index (χ4n) is 4.42. The van der Waals surface area contributed by atoms with Crippen LogP contribution >= 0.6 is 11.3 Å². The second kappa shape index (κ2) is 14.2. The Labute approximate surface area is 220 Å². The number of Topliss-reactive ketones (excluding diaryl/α,β-unsaturated/α-hetero) is 1. The van der Waals surface area contributed by atoms with E-state index >= 15 is 0 Å². The second-order valence-electron chi connectivity index (χ2n) is 10.4. The minimum absolute atomic E-state index is 0. The molecule has 5 atom stereocenters. The summed E-state index contributed by atoms with van der Waals surface area (Å²) in [5.74, 6) is -1.58. The SMILES string of the molecule is C.C/C1=C/C[C@@H](/C(C)=C/c2csc(CO)n2)OC(=O)C[C@H](O)C(C)(C)C(=O)[C@H](C)[C@@H](O)[C@@H](C)CCC1. The minimum Gasteiger partial charge on any atom is -0.457 e. The number of esters is 1. The first kappa shape index (κ1) is 32.2. The molecule has 1 aliphatic rings. The van der Waals surface area contributed by atoms with E-state index in [0.29, 0.717) is 17.1 Å². The van der Waals surface area contributed by atoms with Gasteiger partial charge in [0.25, 0.3) is 0 Å². The first-order valence-electron chi connectivity index (χ1n) is 12.4. The molecule has 0 spiro atoms. The summed E-state index contributed by atoms with van der Waals surface area (Å²) >= 11 is 1.36. The molecule has 2 rings (SSSR count). The number of cyclic esters (lactones) is 1. The van der Waals surface area contributed by atoms with Crippen molar-refractivity contribution in [2.24, 2.45) is 17.3 Å². The number of rotatable bonds is 3. The highest BCUT2D eigenvalue weighted by atomic mass is 32.1. The topological polar surface area (TPSA) is 117 Å². The van der Waals surface area contributed by atoms with Gasteiger partial charge in [-0.3, -0.25) is 9.59 Å². The van der Waals surface area contributed by atoms with Crippen molar-refractivity contribution in [2.75, 3.05) is 0 Å². The molecule has 0 fully saturated rings. The number of ketones is 1. The Morgan fingerprint density at radius 1 is 1.28 bits per heavy atom. The predicted octanol–water partition coefficient (Wildman–Crippen LogP) is 5.09. The van der Waals surface area contributed by atoms with Crippen LogP contribution in [0, 0.1) is 17.3 Å². The summed E-state index contributed by atoms with van der Waals surface area (Å²) < 4.78 is 5.78. The first-order chi connectivity index (χ1) is 16.4. The maximum absolute atomic E-state index is 13.2. The van der Waals surface area contributed by atoms with Crippen molar-refractivity contribution in [1.29, 1.82) is 0 Å². The van der Waals surface area contributed by atoms with E-state index in [0.717, 1.165) is 30.4 Å². The lowest BCUT2D eigenvalue weighted by molar-refractivity contribution is -0.154. The number of aliphatic hydroxyl groups is 3. The Morgan fingerprint density at radius 2 is 1.94 bits per heavy atom. The number of nitrogens with zero attached hydrogens (tertiary/aromatic N) is 1. The fourth-order valence-corrected chi connectivity index (χ4v) is 5.03. The van der Waals surface area contributed by atoms with E-state index in [2.05, 4.69) is 11.1 Å². The summed E-state index contributed by atoms with van der Waals surface area (Å²) in [6.07, 6.45) is 3.95. The highest BCUT2D eigenvalue weighted by Crippen LogP contribution is 2.32. The van der Waals surface area contributed by atoms with Crippen molar-refractivity contribution < 1.29 is 29.6 Å². The lowest BCUT2D eigenvalue weighted by Gasteiger charge is -2.34. The van der Waals surface area contributed by atoms with Gasteiger partial charge in [0.05, 0.1) is 36.3 Å². The van der Waals surface area contributed by atoms with Crippen molar-refractivity contribution >= 4 is 29.2 Å². The van der Waals surface area contributed by atoms with E-state index in [1.807, 2.05) is 32.2 Å². The Bertz CT molecular complexity index is 934. The Morgan fingerprint density at radius 3 is 2.56 bits per heavy atom. The lowest BCUT2D eigenvalue weighted by Crippen LogP contribution is -2.45. The van der Waals surface area contributed by atoms with E-state index in [1.54, 1.807) is 20.8 Å². The third-order valence-corrected chi connectivity index (χ3v) is 7.96. The van der Waals surface area contributed by atoms with Crippen LogP contribution in [0.4, 0.5) is 0 Å². The number of ether oxygens (including phenoxy) is 1. The van der Waals surface area contributed by atoms with E-state index < -0.39 is 35.6 Å². The number of hydrogen-bond donors (Lipinski definition) is 3. The molecular weight excluding hydrogens is 478 g/mol. The van der Waals surface area contributed by atoms with Gasteiger partial charge in [0.2, 0.25) is 0 Å². The Balaban J connectivity index is 0.00000648. The molecule has 0 aliphatic carbocycles. The molecule has 0 amide bonds. The van der Waals surface area contributed by atoms with Crippen molar-refractivity contribution in [2.45, 2.75) is 106 Å². The van der Waals surface area contributed by atoms with Gasteiger partial charge in [-0.05, 0) is 50.7 Å². The summed E-state index contributed by atoms with van der Waals surface area (Å²) in [7, 11) is 0. The van der Waals surface area contributed by atoms with Crippen LogP contribution < -0.4 is 0 Å². The molecule has 0 unspecified atom stereocenters. The van der Waals surface area contributed by atoms with Gasteiger partial charge < -0.3 is 20.1 Å². The predicted molar refractivity (Wildman–Crippen MR) is 144 cm³/mol. The number of carbonyl (C=O) groups excluding carboxylic acids is 2. The zero-order chi connectivity index (χ0) is 26.3. The maximum Gasteiger partial charge on any atom is 0.309 e. The molecule has 0 aromatic carbocycles. The molecule has 0 saturated heterocycles. The third kappa shape index (κ3) is 8.61. The molecular formula is C28H45NO6S. The Hall–Kier alpha value is -1.87. The van der Waals surface area contributed by atoms with Gasteiger partial charge in [-0.15, -0.1) is 11.3 Å². The lowest BCUT2D eigenvalue weighted by atomic mass is 9.73. The average Bonchev–Trinajstić information content (AvgIpc) is 3.26. The quantitative estimate of drug-likeness (QED) is 0.373. The summed E-state index contributed by atoms with van der Waals surface area (Å²) in [6.45, 7) is 10.6. The van der Waals surface area contributed by atoms with Crippen molar-refractivity contribution in [3.63, 3.8) is 0 Å². The normalized spacial score (nSPS) is 30.6.